The van der Waals surface area contributed by atoms with Crippen LogP contribution in [0.2, 0.25) is 0 Å². The zero-order valence-corrected chi connectivity index (χ0v) is 6.17. The van der Waals surface area contributed by atoms with E-state index in [1.54, 1.807) is 0 Å². The van der Waals surface area contributed by atoms with E-state index >= 15 is 0 Å². The van der Waals surface area contributed by atoms with Crippen molar-refractivity contribution in [1.29, 1.82) is 0 Å². The van der Waals surface area contributed by atoms with Crippen molar-refractivity contribution in [2.24, 2.45) is 0 Å². The van der Waals surface area contributed by atoms with Gasteiger partial charge in [0.25, 0.3) is 0 Å². The van der Waals surface area contributed by atoms with E-state index in [0.717, 1.165) is 0 Å². The Bertz CT molecular complexity index is 114. The molecule has 1 unspecified atom stereocenters. The molecule has 46 valence electrons. The van der Waals surface area contributed by atoms with E-state index in [1.165, 1.54) is 24.8 Å². The fraction of sp³-hybridized carbons (Fsp3) is 0.714. The highest BCUT2D eigenvalue weighted by Gasteiger charge is 2.27. The summed E-state index contributed by atoms with van der Waals surface area (Å²) in [6.45, 7) is 6.07. The Labute approximate surface area is 56.4 Å². The maximum absolute atomic E-state index is 4.44. The Kier molecular flexibility index (Phi) is 1.40. The monoisotopic (exact) mass is 128 g/mol. The highest BCUT2D eigenvalue weighted by atomic mass is 32.1. The lowest BCUT2D eigenvalue weighted by Crippen LogP contribution is -2.10. The predicted octanol–water partition coefficient (Wildman–Crippen LogP) is 2.42. The van der Waals surface area contributed by atoms with Gasteiger partial charge in [0, 0.05) is 4.75 Å². The molecule has 1 aliphatic rings. The van der Waals surface area contributed by atoms with Crippen LogP contribution < -0.4 is 0 Å². The van der Waals surface area contributed by atoms with Crippen molar-refractivity contribution in [3.63, 3.8) is 0 Å². The summed E-state index contributed by atoms with van der Waals surface area (Å²) in [7, 11) is 0. The average Bonchev–Trinajstić information content (AvgIpc) is 1.86. The molecular weight excluding hydrogens is 116 g/mol. The molecule has 1 atom stereocenters. The van der Waals surface area contributed by atoms with Gasteiger partial charge < -0.3 is 0 Å². The van der Waals surface area contributed by atoms with Gasteiger partial charge in [0.1, 0.15) is 0 Å². The summed E-state index contributed by atoms with van der Waals surface area (Å²) in [6, 6.07) is 0. The lowest BCUT2D eigenvalue weighted by molar-refractivity contribution is 0.756. The molecule has 0 N–H and O–H groups in total. The third-order valence-electron chi connectivity index (χ3n) is 1.90. The molecule has 0 saturated heterocycles. The van der Waals surface area contributed by atoms with Crippen LogP contribution in [0.3, 0.4) is 0 Å². The SMILES string of the molecule is C=C1CCCC1(C)S. The number of hydrogen-bond donors (Lipinski definition) is 1. The van der Waals surface area contributed by atoms with Gasteiger partial charge >= 0.3 is 0 Å². The summed E-state index contributed by atoms with van der Waals surface area (Å²) in [4.78, 5) is 0. The van der Waals surface area contributed by atoms with Crippen molar-refractivity contribution < 1.29 is 0 Å². The van der Waals surface area contributed by atoms with E-state index in [9.17, 15) is 0 Å². The second-order valence-corrected chi connectivity index (χ2v) is 3.72. The highest BCUT2D eigenvalue weighted by Crippen LogP contribution is 2.38. The van der Waals surface area contributed by atoms with Crippen LogP contribution in [0.15, 0.2) is 12.2 Å². The first kappa shape index (κ1) is 6.21. The van der Waals surface area contributed by atoms with E-state index in [-0.39, 0.29) is 4.75 Å². The molecular formula is C7H12S. The number of rotatable bonds is 0. The second-order valence-electron chi connectivity index (χ2n) is 2.73. The zero-order valence-electron chi connectivity index (χ0n) is 5.28. The molecule has 1 fully saturated rings. The summed E-state index contributed by atoms with van der Waals surface area (Å²) < 4.78 is 0.153. The van der Waals surface area contributed by atoms with Crippen molar-refractivity contribution in [2.45, 2.75) is 30.9 Å². The van der Waals surface area contributed by atoms with Crippen LogP contribution in [0.25, 0.3) is 0 Å². The molecule has 0 aromatic carbocycles. The van der Waals surface area contributed by atoms with Crippen LogP contribution in [0, 0.1) is 0 Å². The molecule has 0 aliphatic heterocycles. The van der Waals surface area contributed by atoms with Gasteiger partial charge in [0.15, 0.2) is 0 Å². The molecule has 8 heavy (non-hydrogen) atoms. The molecule has 0 heterocycles. The van der Waals surface area contributed by atoms with Crippen molar-refractivity contribution in [2.75, 3.05) is 0 Å². The highest BCUT2D eigenvalue weighted by molar-refractivity contribution is 7.82. The second kappa shape index (κ2) is 1.80. The first-order valence-corrected chi connectivity index (χ1v) is 3.48. The van der Waals surface area contributed by atoms with Gasteiger partial charge in [0.05, 0.1) is 0 Å². The predicted molar refractivity (Wildman–Crippen MR) is 40.4 cm³/mol. The number of hydrogen-bond acceptors (Lipinski definition) is 1. The van der Waals surface area contributed by atoms with Crippen LogP contribution in [0.1, 0.15) is 26.2 Å². The third kappa shape index (κ3) is 0.921. The van der Waals surface area contributed by atoms with Crippen molar-refractivity contribution in [3.8, 4) is 0 Å². The fourth-order valence-electron chi connectivity index (χ4n) is 1.09. The molecule has 0 bridgehead atoms. The minimum Gasteiger partial charge on any atom is -0.168 e. The van der Waals surface area contributed by atoms with E-state index in [4.69, 9.17) is 0 Å². The molecule has 1 rings (SSSR count). The van der Waals surface area contributed by atoms with Gasteiger partial charge in [-0.2, -0.15) is 12.6 Å². The summed E-state index contributed by atoms with van der Waals surface area (Å²) in [5.74, 6) is 0. The van der Waals surface area contributed by atoms with E-state index in [0.29, 0.717) is 0 Å². The lowest BCUT2D eigenvalue weighted by Gasteiger charge is -2.16. The molecule has 0 amide bonds. The van der Waals surface area contributed by atoms with E-state index in [1.807, 2.05) is 0 Å². The van der Waals surface area contributed by atoms with Gasteiger partial charge in [-0.1, -0.05) is 12.2 Å². The Morgan fingerprint density at radius 2 is 2.38 bits per heavy atom. The standard InChI is InChI=1S/C7H12S/c1-6-4-3-5-7(6,2)8/h8H,1,3-5H2,2H3. The normalized spacial score (nSPS) is 38.5. The third-order valence-corrected chi connectivity index (χ3v) is 2.44. The molecule has 0 nitrogen and oxygen atoms in total. The van der Waals surface area contributed by atoms with Crippen molar-refractivity contribution >= 4 is 12.6 Å². The summed E-state index contributed by atoms with van der Waals surface area (Å²) in [6.07, 6.45) is 3.66. The average molecular weight is 128 g/mol. The largest absolute Gasteiger partial charge is 0.168 e. The van der Waals surface area contributed by atoms with E-state index in [2.05, 4.69) is 26.1 Å². The number of thiol groups is 1. The molecule has 1 aliphatic carbocycles. The van der Waals surface area contributed by atoms with Crippen LogP contribution in [0.5, 0.6) is 0 Å². The summed E-state index contributed by atoms with van der Waals surface area (Å²) in [5, 5.41) is 0. The van der Waals surface area contributed by atoms with Crippen LogP contribution in [-0.4, -0.2) is 4.75 Å². The molecule has 0 spiro atoms. The Morgan fingerprint density at radius 1 is 1.75 bits per heavy atom. The quantitative estimate of drug-likeness (QED) is 0.376. The van der Waals surface area contributed by atoms with Crippen molar-refractivity contribution in [3.05, 3.63) is 12.2 Å². The smallest absolute Gasteiger partial charge is 0.0307 e. The summed E-state index contributed by atoms with van der Waals surface area (Å²) >= 11 is 4.44. The first-order valence-electron chi connectivity index (χ1n) is 3.03. The van der Waals surface area contributed by atoms with Gasteiger partial charge in [-0.05, 0) is 26.2 Å². The van der Waals surface area contributed by atoms with Crippen LogP contribution in [-0.2, 0) is 0 Å². The molecule has 1 heteroatoms. The molecule has 0 aromatic heterocycles. The lowest BCUT2D eigenvalue weighted by atomic mass is 10.1. The van der Waals surface area contributed by atoms with Gasteiger partial charge in [-0.25, -0.2) is 0 Å². The Hall–Kier alpha value is 0.0900. The van der Waals surface area contributed by atoms with Crippen LogP contribution in [0.4, 0.5) is 0 Å². The topological polar surface area (TPSA) is 0 Å². The zero-order chi connectivity index (χ0) is 6.20. The molecule has 0 radical (unpaired) electrons. The molecule has 0 aromatic rings. The maximum atomic E-state index is 4.44. The Morgan fingerprint density at radius 3 is 2.50 bits per heavy atom. The summed E-state index contributed by atoms with van der Waals surface area (Å²) in [5.41, 5.74) is 1.31. The first-order chi connectivity index (χ1) is 3.63. The van der Waals surface area contributed by atoms with Crippen LogP contribution >= 0.6 is 12.6 Å². The fourth-order valence-corrected chi connectivity index (χ4v) is 1.36. The molecule has 1 saturated carbocycles. The van der Waals surface area contributed by atoms with Gasteiger partial charge in [-0.15, -0.1) is 0 Å². The van der Waals surface area contributed by atoms with Gasteiger partial charge in [-0.3, -0.25) is 0 Å². The van der Waals surface area contributed by atoms with Gasteiger partial charge in [0.2, 0.25) is 0 Å². The minimum atomic E-state index is 0.153. The van der Waals surface area contributed by atoms with E-state index < -0.39 is 0 Å². The Balaban J connectivity index is 2.68. The van der Waals surface area contributed by atoms with Crippen molar-refractivity contribution in [1.82, 2.24) is 0 Å². The minimum absolute atomic E-state index is 0.153. The maximum Gasteiger partial charge on any atom is 0.0307 e.